The smallest absolute Gasteiger partial charge is 0.190 e. The van der Waals surface area contributed by atoms with Crippen LogP contribution in [0.1, 0.15) is 0 Å². The SMILES string of the molecule is CNc1cc(Sc2cccs2)nc(SC)n1. The zero-order valence-corrected chi connectivity index (χ0v) is 11.4. The number of nitrogens with one attached hydrogen (secondary N) is 1. The number of anilines is 1. The maximum atomic E-state index is 4.46. The Balaban J connectivity index is 2.26. The van der Waals surface area contributed by atoms with Gasteiger partial charge in [-0.3, -0.25) is 0 Å². The van der Waals surface area contributed by atoms with Gasteiger partial charge in [0.15, 0.2) is 5.16 Å². The van der Waals surface area contributed by atoms with Crippen LogP contribution in [0.2, 0.25) is 0 Å². The van der Waals surface area contributed by atoms with Crippen LogP contribution in [0.5, 0.6) is 0 Å². The van der Waals surface area contributed by atoms with E-state index in [1.807, 2.05) is 25.4 Å². The quantitative estimate of drug-likeness (QED) is 0.523. The first-order chi connectivity index (χ1) is 7.81. The van der Waals surface area contributed by atoms with E-state index in [2.05, 4.69) is 26.7 Å². The lowest BCUT2D eigenvalue weighted by atomic mass is 10.6. The molecule has 0 fully saturated rings. The van der Waals surface area contributed by atoms with Crippen molar-refractivity contribution in [2.45, 2.75) is 14.4 Å². The van der Waals surface area contributed by atoms with E-state index in [9.17, 15) is 0 Å². The van der Waals surface area contributed by atoms with E-state index in [1.165, 1.54) is 4.21 Å². The fourth-order valence-electron chi connectivity index (χ4n) is 1.10. The molecule has 0 radical (unpaired) electrons. The van der Waals surface area contributed by atoms with Gasteiger partial charge in [0.1, 0.15) is 10.8 Å². The van der Waals surface area contributed by atoms with Gasteiger partial charge in [0, 0.05) is 13.1 Å². The van der Waals surface area contributed by atoms with Gasteiger partial charge in [0.25, 0.3) is 0 Å². The molecule has 3 nitrogen and oxygen atoms in total. The van der Waals surface area contributed by atoms with E-state index >= 15 is 0 Å². The predicted molar refractivity (Wildman–Crippen MR) is 71.8 cm³/mol. The number of thiophene rings is 1. The van der Waals surface area contributed by atoms with Gasteiger partial charge in [-0.15, -0.1) is 11.3 Å². The Labute approximate surface area is 107 Å². The molecule has 2 heterocycles. The van der Waals surface area contributed by atoms with E-state index in [1.54, 1.807) is 34.9 Å². The second-order valence-corrected chi connectivity index (χ2v) is 5.90. The predicted octanol–water partition coefficient (Wildman–Crippen LogP) is 3.45. The van der Waals surface area contributed by atoms with Crippen molar-refractivity contribution >= 4 is 40.7 Å². The number of hydrogen-bond acceptors (Lipinski definition) is 6. The van der Waals surface area contributed by atoms with Crippen LogP contribution in [-0.2, 0) is 0 Å². The number of thioether (sulfide) groups is 1. The fourth-order valence-corrected chi connectivity index (χ4v) is 3.26. The molecule has 0 aromatic carbocycles. The summed E-state index contributed by atoms with van der Waals surface area (Å²) in [4.78, 5) is 8.79. The Morgan fingerprint density at radius 3 is 2.88 bits per heavy atom. The molecule has 0 aliphatic heterocycles. The van der Waals surface area contributed by atoms with Gasteiger partial charge in [0.05, 0.1) is 4.21 Å². The van der Waals surface area contributed by atoms with Gasteiger partial charge in [-0.25, -0.2) is 9.97 Å². The van der Waals surface area contributed by atoms with Crippen LogP contribution >= 0.6 is 34.9 Å². The van der Waals surface area contributed by atoms with Crippen molar-refractivity contribution < 1.29 is 0 Å². The third-order valence-electron chi connectivity index (χ3n) is 1.82. The van der Waals surface area contributed by atoms with Crippen LogP contribution in [0.15, 0.2) is 38.0 Å². The number of nitrogens with zero attached hydrogens (tertiary/aromatic N) is 2. The molecule has 2 aromatic rings. The van der Waals surface area contributed by atoms with Crippen molar-refractivity contribution in [2.75, 3.05) is 18.6 Å². The lowest BCUT2D eigenvalue weighted by Gasteiger charge is -2.04. The summed E-state index contributed by atoms with van der Waals surface area (Å²) in [6.07, 6.45) is 1.98. The Bertz CT molecular complexity index is 434. The molecule has 0 saturated carbocycles. The third kappa shape index (κ3) is 2.90. The average Bonchev–Trinajstić information content (AvgIpc) is 2.81. The highest BCUT2D eigenvalue weighted by molar-refractivity contribution is 8.01. The van der Waals surface area contributed by atoms with E-state index in [0.29, 0.717) is 0 Å². The molecule has 6 heteroatoms. The number of hydrogen-bond donors (Lipinski definition) is 1. The molecule has 16 heavy (non-hydrogen) atoms. The molecule has 0 bridgehead atoms. The lowest BCUT2D eigenvalue weighted by molar-refractivity contribution is 0.897. The minimum atomic E-state index is 0.797. The maximum Gasteiger partial charge on any atom is 0.190 e. The summed E-state index contributed by atoms with van der Waals surface area (Å²) in [5, 5.41) is 6.89. The topological polar surface area (TPSA) is 37.8 Å². The fraction of sp³-hybridized carbons (Fsp3) is 0.200. The first kappa shape index (κ1) is 11.8. The number of aromatic nitrogens is 2. The Kier molecular flexibility index (Phi) is 4.09. The van der Waals surface area contributed by atoms with Crippen molar-refractivity contribution in [3.8, 4) is 0 Å². The van der Waals surface area contributed by atoms with Crippen LogP contribution in [0.3, 0.4) is 0 Å². The molecule has 0 aliphatic rings. The molecule has 0 amide bonds. The molecule has 0 atom stereocenters. The summed E-state index contributed by atoms with van der Waals surface area (Å²) in [7, 11) is 1.87. The van der Waals surface area contributed by atoms with Crippen LogP contribution in [0.25, 0.3) is 0 Å². The van der Waals surface area contributed by atoms with Crippen molar-refractivity contribution in [1.29, 1.82) is 0 Å². The van der Waals surface area contributed by atoms with E-state index in [0.717, 1.165) is 16.0 Å². The largest absolute Gasteiger partial charge is 0.373 e. The van der Waals surface area contributed by atoms with Crippen molar-refractivity contribution in [3.63, 3.8) is 0 Å². The van der Waals surface area contributed by atoms with Crippen LogP contribution in [-0.4, -0.2) is 23.3 Å². The second kappa shape index (κ2) is 5.56. The van der Waals surface area contributed by atoms with E-state index in [4.69, 9.17) is 0 Å². The van der Waals surface area contributed by atoms with Gasteiger partial charge in [0.2, 0.25) is 0 Å². The first-order valence-corrected chi connectivity index (χ1v) is 7.56. The number of rotatable bonds is 4. The third-order valence-corrected chi connectivity index (χ3v) is 4.32. The summed E-state index contributed by atoms with van der Waals surface area (Å²) in [6.45, 7) is 0. The van der Waals surface area contributed by atoms with Crippen molar-refractivity contribution in [3.05, 3.63) is 23.6 Å². The van der Waals surface area contributed by atoms with Crippen molar-refractivity contribution in [2.24, 2.45) is 0 Å². The summed E-state index contributed by atoms with van der Waals surface area (Å²) in [5.41, 5.74) is 0. The highest BCUT2D eigenvalue weighted by Crippen LogP contribution is 2.31. The summed E-state index contributed by atoms with van der Waals surface area (Å²) in [5.74, 6) is 0.860. The van der Waals surface area contributed by atoms with Crippen LogP contribution < -0.4 is 5.32 Å². The van der Waals surface area contributed by atoms with Crippen molar-refractivity contribution in [1.82, 2.24) is 9.97 Å². The zero-order valence-electron chi connectivity index (χ0n) is 8.93. The minimum absolute atomic E-state index is 0.797. The van der Waals surface area contributed by atoms with Gasteiger partial charge in [-0.2, -0.15) is 0 Å². The minimum Gasteiger partial charge on any atom is -0.373 e. The maximum absolute atomic E-state index is 4.46. The summed E-state index contributed by atoms with van der Waals surface area (Å²) < 4.78 is 1.24. The first-order valence-electron chi connectivity index (χ1n) is 4.64. The normalized spacial score (nSPS) is 10.4. The highest BCUT2D eigenvalue weighted by Gasteiger charge is 2.05. The van der Waals surface area contributed by atoms with Gasteiger partial charge in [-0.05, 0) is 17.7 Å². The van der Waals surface area contributed by atoms with Gasteiger partial charge in [-0.1, -0.05) is 29.6 Å². The molecular formula is C10H11N3S3. The standard InChI is InChI=1S/C10H11N3S3/c1-11-7-6-8(13-10(12-7)14-2)16-9-4-3-5-15-9/h3-6H,1-2H3,(H,11,12,13). The molecule has 0 unspecified atom stereocenters. The Hall–Kier alpha value is -0.720. The molecule has 1 N–H and O–H groups in total. The van der Waals surface area contributed by atoms with Gasteiger partial charge >= 0.3 is 0 Å². The lowest BCUT2D eigenvalue weighted by Crippen LogP contribution is -1.96. The molecular weight excluding hydrogens is 258 g/mol. The van der Waals surface area contributed by atoms with Gasteiger partial charge < -0.3 is 5.32 Å². The molecule has 2 rings (SSSR count). The highest BCUT2D eigenvalue weighted by atomic mass is 32.2. The Morgan fingerprint density at radius 1 is 1.38 bits per heavy atom. The molecule has 0 spiro atoms. The van der Waals surface area contributed by atoms with Crippen LogP contribution in [0, 0.1) is 0 Å². The zero-order chi connectivity index (χ0) is 11.4. The summed E-state index contributed by atoms with van der Waals surface area (Å²) >= 11 is 4.94. The summed E-state index contributed by atoms with van der Waals surface area (Å²) in [6, 6.07) is 6.10. The molecule has 0 aliphatic carbocycles. The second-order valence-electron chi connectivity index (χ2n) is 2.86. The van der Waals surface area contributed by atoms with E-state index < -0.39 is 0 Å². The molecule has 2 aromatic heterocycles. The Morgan fingerprint density at radius 2 is 2.25 bits per heavy atom. The monoisotopic (exact) mass is 269 g/mol. The van der Waals surface area contributed by atoms with E-state index in [-0.39, 0.29) is 0 Å². The van der Waals surface area contributed by atoms with Crippen LogP contribution in [0.4, 0.5) is 5.82 Å². The molecule has 84 valence electrons. The molecule has 0 saturated heterocycles. The average molecular weight is 269 g/mol.